The van der Waals surface area contributed by atoms with E-state index < -0.39 is 0 Å². The van der Waals surface area contributed by atoms with Crippen molar-refractivity contribution in [1.29, 1.82) is 0 Å². The summed E-state index contributed by atoms with van der Waals surface area (Å²) in [5.41, 5.74) is 15.7. The Morgan fingerprint density at radius 2 is 0.655 bits per heavy atom. The smallest absolute Gasteiger partial charge is 0.123 e. The van der Waals surface area contributed by atoms with Gasteiger partial charge in [-0.1, -0.05) is 86.6 Å². The lowest BCUT2D eigenvalue weighted by molar-refractivity contribution is 0.208. The van der Waals surface area contributed by atoms with E-state index in [1.165, 1.54) is 55.6 Å². The number of benzene rings is 4. The summed E-state index contributed by atoms with van der Waals surface area (Å²) in [6.45, 7) is 26.6. The molecule has 0 saturated heterocycles. The summed E-state index contributed by atoms with van der Waals surface area (Å²) in [6.07, 6.45) is 10.5. The van der Waals surface area contributed by atoms with E-state index in [2.05, 4.69) is 126 Å². The van der Waals surface area contributed by atoms with Crippen LogP contribution in [0.5, 0.6) is 23.0 Å². The Hall–Kier alpha value is -3.92. The van der Waals surface area contributed by atoms with Gasteiger partial charge in [0.25, 0.3) is 0 Å². The fourth-order valence-corrected chi connectivity index (χ4v) is 9.03. The van der Waals surface area contributed by atoms with Gasteiger partial charge in [0.15, 0.2) is 0 Å². The zero-order chi connectivity index (χ0) is 40.2. The van der Waals surface area contributed by atoms with E-state index in [4.69, 9.17) is 14.2 Å². The molecule has 4 rings (SSSR count). The molecule has 0 spiro atoms. The zero-order valence-electron chi connectivity index (χ0n) is 36.5. The third-order valence-corrected chi connectivity index (χ3v) is 11.7. The number of hydrogen-bond acceptors (Lipinski definition) is 4. The lowest BCUT2D eigenvalue weighted by atomic mass is 9.89. The van der Waals surface area contributed by atoms with Crippen LogP contribution in [0.2, 0.25) is 0 Å². The van der Waals surface area contributed by atoms with E-state index in [-0.39, 0.29) is 18.3 Å². The molecule has 0 bridgehead atoms. The standard InChI is InChI=1S/C51H72O4/c1-13-36-23-27-49(43(19-7)40(36)16-4)53-33(10)30-39-22-26-48(52)47(32-35(12)55-51-29-25-38(15-3)42(18-6)45(51)21-9)46(39)31-34(11)54-50-28-24-37(14-2)41(17-5)44(50)20-8/h22-29,33-35,52H,13-21,30-32H2,1-12H3. The van der Waals surface area contributed by atoms with Crippen LogP contribution < -0.4 is 14.2 Å². The minimum Gasteiger partial charge on any atom is -0.508 e. The average Bonchev–Trinajstić information content (AvgIpc) is 3.19. The molecule has 300 valence electrons. The normalized spacial score (nSPS) is 13.1. The molecule has 4 aromatic carbocycles. The molecule has 55 heavy (non-hydrogen) atoms. The van der Waals surface area contributed by atoms with Gasteiger partial charge < -0.3 is 19.3 Å². The summed E-state index contributed by atoms with van der Waals surface area (Å²) < 4.78 is 20.4. The fraction of sp³-hybridized carbons (Fsp3) is 0.529. The summed E-state index contributed by atoms with van der Waals surface area (Å²) in [7, 11) is 0. The quantitative estimate of drug-likeness (QED) is 0.0922. The van der Waals surface area contributed by atoms with Crippen molar-refractivity contribution in [1.82, 2.24) is 0 Å². The van der Waals surface area contributed by atoms with Gasteiger partial charge in [0, 0.05) is 24.8 Å². The van der Waals surface area contributed by atoms with E-state index >= 15 is 0 Å². The number of phenolic OH excluding ortho intramolecular Hbond substituents is 1. The predicted molar refractivity (Wildman–Crippen MR) is 233 cm³/mol. The predicted octanol–water partition coefficient (Wildman–Crippen LogP) is 12.5. The van der Waals surface area contributed by atoms with Crippen LogP contribution in [0.3, 0.4) is 0 Å². The molecule has 4 aromatic rings. The summed E-state index contributed by atoms with van der Waals surface area (Å²) in [6, 6.07) is 17.2. The molecular weight excluding hydrogens is 677 g/mol. The largest absolute Gasteiger partial charge is 0.508 e. The van der Waals surface area contributed by atoms with Crippen molar-refractivity contribution in [3.8, 4) is 23.0 Å². The van der Waals surface area contributed by atoms with Gasteiger partial charge in [0.2, 0.25) is 0 Å². The molecule has 0 aromatic heterocycles. The minimum atomic E-state index is -0.149. The minimum absolute atomic E-state index is 0.0689. The van der Waals surface area contributed by atoms with Crippen molar-refractivity contribution in [3.63, 3.8) is 0 Å². The monoisotopic (exact) mass is 749 g/mol. The van der Waals surface area contributed by atoms with E-state index in [0.29, 0.717) is 25.0 Å². The Morgan fingerprint density at radius 1 is 0.345 bits per heavy atom. The van der Waals surface area contributed by atoms with Gasteiger partial charge in [-0.2, -0.15) is 0 Å². The van der Waals surface area contributed by atoms with Crippen LogP contribution in [0.4, 0.5) is 0 Å². The maximum Gasteiger partial charge on any atom is 0.123 e. The molecule has 4 heteroatoms. The van der Waals surface area contributed by atoms with Gasteiger partial charge in [-0.25, -0.2) is 0 Å². The van der Waals surface area contributed by atoms with Gasteiger partial charge in [0.1, 0.15) is 29.1 Å². The van der Waals surface area contributed by atoms with Crippen LogP contribution in [0, 0.1) is 0 Å². The summed E-state index contributed by atoms with van der Waals surface area (Å²) in [4.78, 5) is 0. The molecule has 4 nitrogen and oxygen atoms in total. The molecule has 0 saturated carbocycles. The highest BCUT2D eigenvalue weighted by Crippen LogP contribution is 2.35. The van der Waals surface area contributed by atoms with Gasteiger partial charge in [-0.15, -0.1) is 0 Å². The Labute approximate surface area is 335 Å². The molecular formula is C51H72O4. The molecule has 0 radical (unpaired) electrons. The van der Waals surface area contributed by atoms with E-state index in [0.717, 1.165) is 86.2 Å². The Kier molecular flexibility index (Phi) is 16.6. The van der Waals surface area contributed by atoms with Crippen molar-refractivity contribution in [2.45, 2.75) is 178 Å². The third-order valence-electron chi connectivity index (χ3n) is 11.7. The lowest BCUT2D eigenvalue weighted by Gasteiger charge is -2.26. The Morgan fingerprint density at radius 3 is 0.982 bits per heavy atom. The first-order valence-corrected chi connectivity index (χ1v) is 21.7. The van der Waals surface area contributed by atoms with Gasteiger partial charge in [0.05, 0.1) is 12.2 Å². The van der Waals surface area contributed by atoms with Crippen LogP contribution >= 0.6 is 0 Å². The first kappa shape index (κ1) is 43.8. The average molecular weight is 749 g/mol. The highest BCUT2D eigenvalue weighted by Gasteiger charge is 2.24. The van der Waals surface area contributed by atoms with E-state index in [1.54, 1.807) is 0 Å². The highest BCUT2D eigenvalue weighted by molar-refractivity contribution is 5.49. The van der Waals surface area contributed by atoms with Crippen molar-refractivity contribution >= 4 is 0 Å². The molecule has 3 atom stereocenters. The molecule has 3 unspecified atom stereocenters. The SMILES string of the molecule is CCc1ccc(OC(C)Cc2ccc(O)c(CC(C)Oc3ccc(CC)c(CC)c3CC)c2CC(C)Oc2ccc(CC)c(CC)c2CC)c(CC)c1CC. The van der Waals surface area contributed by atoms with E-state index in [1.807, 2.05) is 6.07 Å². The van der Waals surface area contributed by atoms with Gasteiger partial charge in [-0.05, 0) is 164 Å². The molecule has 0 aliphatic heterocycles. The Bertz CT molecular complexity index is 1850. The number of ether oxygens (including phenoxy) is 3. The van der Waals surface area contributed by atoms with Crippen LogP contribution in [-0.4, -0.2) is 23.4 Å². The first-order valence-electron chi connectivity index (χ1n) is 21.7. The summed E-state index contributed by atoms with van der Waals surface area (Å²) in [5, 5.41) is 11.6. The van der Waals surface area contributed by atoms with Crippen molar-refractivity contribution in [2.24, 2.45) is 0 Å². The molecule has 0 heterocycles. The number of aromatic hydroxyl groups is 1. The van der Waals surface area contributed by atoms with Crippen LogP contribution in [0.15, 0.2) is 48.5 Å². The maximum absolute atomic E-state index is 11.6. The van der Waals surface area contributed by atoms with Crippen LogP contribution in [-0.2, 0) is 77.0 Å². The topological polar surface area (TPSA) is 47.9 Å². The second-order valence-corrected chi connectivity index (χ2v) is 15.3. The fourth-order valence-electron chi connectivity index (χ4n) is 9.03. The summed E-state index contributed by atoms with van der Waals surface area (Å²) in [5.74, 6) is 3.24. The van der Waals surface area contributed by atoms with Gasteiger partial charge in [-0.3, -0.25) is 0 Å². The van der Waals surface area contributed by atoms with Crippen LogP contribution in [0.1, 0.15) is 150 Å². The second-order valence-electron chi connectivity index (χ2n) is 15.3. The maximum atomic E-state index is 11.6. The summed E-state index contributed by atoms with van der Waals surface area (Å²) >= 11 is 0. The van der Waals surface area contributed by atoms with E-state index in [9.17, 15) is 5.11 Å². The molecule has 0 aliphatic rings. The second kappa shape index (κ2) is 20.8. The molecule has 0 fully saturated rings. The number of aryl methyl sites for hydroxylation is 3. The van der Waals surface area contributed by atoms with Crippen molar-refractivity contribution < 1.29 is 19.3 Å². The molecule has 1 N–H and O–H groups in total. The van der Waals surface area contributed by atoms with Crippen LogP contribution in [0.25, 0.3) is 0 Å². The number of rotatable bonds is 21. The van der Waals surface area contributed by atoms with Crippen molar-refractivity contribution in [3.05, 3.63) is 115 Å². The molecule has 0 aliphatic carbocycles. The third kappa shape index (κ3) is 10.3. The lowest BCUT2D eigenvalue weighted by Crippen LogP contribution is -2.23. The van der Waals surface area contributed by atoms with Crippen molar-refractivity contribution in [2.75, 3.05) is 0 Å². The zero-order valence-corrected chi connectivity index (χ0v) is 36.5. The Balaban J connectivity index is 1.72. The van der Waals surface area contributed by atoms with Gasteiger partial charge >= 0.3 is 0 Å². The highest BCUT2D eigenvalue weighted by atomic mass is 16.5. The number of hydrogen-bond donors (Lipinski definition) is 1. The number of phenols is 1. The first-order chi connectivity index (χ1) is 26.5. The molecule has 0 amide bonds.